The zero-order valence-electron chi connectivity index (χ0n) is 8.58. The Morgan fingerprint density at radius 2 is 2.36 bits per heavy atom. The number of aromatic nitrogens is 2. The van der Waals surface area contributed by atoms with Gasteiger partial charge in [0.25, 0.3) is 5.91 Å². The molecule has 2 rings (SSSR count). The molecule has 0 unspecified atom stereocenters. The van der Waals surface area contributed by atoms with E-state index in [0.717, 1.165) is 30.6 Å². The molecule has 0 atom stereocenters. The summed E-state index contributed by atoms with van der Waals surface area (Å²) in [6, 6.07) is 0.324. The molecule has 0 saturated heterocycles. The number of carbonyl (C=O) groups is 1. The van der Waals surface area contributed by atoms with E-state index in [1.54, 1.807) is 6.20 Å². The van der Waals surface area contributed by atoms with Crippen LogP contribution in [0.1, 0.15) is 42.4 Å². The van der Waals surface area contributed by atoms with Gasteiger partial charge in [-0.25, -0.2) is 0 Å². The number of hydrogen-bond acceptors (Lipinski definition) is 2. The molecule has 14 heavy (non-hydrogen) atoms. The summed E-state index contributed by atoms with van der Waals surface area (Å²) in [6.45, 7) is 4.93. The summed E-state index contributed by atoms with van der Waals surface area (Å²) in [7, 11) is 0. The first-order valence-corrected chi connectivity index (χ1v) is 5.04. The van der Waals surface area contributed by atoms with Gasteiger partial charge in [0.15, 0.2) is 0 Å². The van der Waals surface area contributed by atoms with Crippen LogP contribution in [0.5, 0.6) is 0 Å². The van der Waals surface area contributed by atoms with Crippen molar-refractivity contribution in [3.05, 3.63) is 17.5 Å². The highest BCUT2D eigenvalue weighted by molar-refractivity contribution is 5.95. The van der Waals surface area contributed by atoms with Crippen LogP contribution in [0.4, 0.5) is 0 Å². The zero-order chi connectivity index (χ0) is 10.1. The second-order valence-electron chi connectivity index (χ2n) is 3.90. The van der Waals surface area contributed by atoms with E-state index in [-0.39, 0.29) is 5.91 Å². The average molecular weight is 193 g/mol. The van der Waals surface area contributed by atoms with Crippen LogP contribution < -0.4 is 5.32 Å². The smallest absolute Gasteiger partial charge is 0.254 e. The van der Waals surface area contributed by atoms with Crippen LogP contribution in [-0.2, 0) is 6.42 Å². The largest absolute Gasteiger partial charge is 0.352 e. The van der Waals surface area contributed by atoms with Crippen LogP contribution in [0.25, 0.3) is 0 Å². The van der Waals surface area contributed by atoms with Crippen molar-refractivity contribution in [2.75, 3.05) is 6.54 Å². The van der Waals surface area contributed by atoms with E-state index < -0.39 is 0 Å². The number of nitrogens with one attached hydrogen (secondary N) is 1. The molecule has 1 aromatic heterocycles. The van der Waals surface area contributed by atoms with Gasteiger partial charge < -0.3 is 5.32 Å². The first kappa shape index (κ1) is 9.24. The normalized spacial score (nSPS) is 16.4. The molecule has 0 saturated carbocycles. The molecule has 0 fully saturated rings. The lowest BCUT2D eigenvalue weighted by atomic mass is 10.1. The van der Waals surface area contributed by atoms with Crippen molar-refractivity contribution in [3.8, 4) is 0 Å². The monoisotopic (exact) mass is 193 g/mol. The van der Waals surface area contributed by atoms with Crippen LogP contribution in [-0.4, -0.2) is 22.2 Å². The van der Waals surface area contributed by atoms with Crippen LogP contribution in [0.15, 0.2) is 6.20 Å². The van der Waals surface area contributed by atoms with E-state index in [9.17, 15) is 4.79 Å². The number of nitrogens with zero attached hydrogens (tertiary/aromatic N) is 2. The summed E-state index contributed by atoms with van der Waals surface area (Å²) in [5.74, 6) is 0.0180. The standard InChI is InChI=1S/C10H15N3O/c1-7(2)13-9-4-3-5-11-10(14)8(9)6-12-13/h6-7H,3-5H2,1-2H3,(H,11,14). The minimum atomic E-state index is 0.0180. The van der Waals surface area contributed by atoms with E-state index in [0.29, 0.717) is 6.04 Å². The molecular weight excluding hydrogens is 178 g/mol. The Hall–Kier alpha value is -1.32. The van der Waals surface area contributed by atoms with Gasteiger partial charge in [0.2, 0.25) is 0 Å². The van der Waals surface area contributed by atoms with Crippen molar-refractivity contribution >= 4 is 5.91 Å². The summed E-state index contributed by atoms with van der Waals surface area (Å²) in [4.78, 5) is 11.6. The molecule has 2 heterocycles. The molecule has 1 amide bonds. The van der Waals surface area contributed by atoms with Crippen LogP contribution in [0.3, 0.4) is 0 Å². The third-order valence-corrected chi connectivity index (χ3v) is 2.51. The first-order valence-electron chi connectivity index (χ1n) is 5.04. The highest BCUT2D eigenvalue weighted by atomic mass is 16.1. The first-order chi connectivity index (χ1) is 6.70. The lowest BCUT2D eigenvalue weighted by Crippen LogP contribution is -2.22. The van der Waals surface area contributed by atoms with E-state index >= 15 is 0 Å². The van der Waals surface area contributed by atoms with E-state index in [1.807, 2.05) is 4.68 Å². The number of fused-ring (bicyclic) bond motifs is 1. The van der Waals surface area contributed by atoms with Gasteiger partial charge in [0.1, 0.15) is 0 Å². The Balaban J connectivity index is 2.45. The quantitative estimate of drug-likeness (QED) is 0.727. The third kappa shape index (κ3) is 1.41. The van der Waals surface area contributed by atoms with Gasteiger partial charge in [-0.3, -0.25) is 9.48 Å². The summed E-state index contributed by atoms with van der Waals surface area (Å²) < 4.78 is 1.94. The van der Waals surface area contributed by atoms with Gasteiger partial charge in [0, 0.05) is 12.6 Å². The summed E-state index contributed by atoms with van der Waals surface area (Å²) in [5, 5.41) is 7.11. The van der Waals surface area contributed by atoms with Crippen molar-refractivity contribution in [1.29, 1.82) is 0 Å². The van der Waals surface area contributed by atoms with E-state index in [1.165, 1.54) is 0 Å². The molecule has 0 spiro atoms. The van der Waals surface area contributed by atoms with Gasteiger partial charge in [-0.2, -0.15) is 5.10 Å². The molecule has 1 aliphatic rings. The van der Waals surface area contributed by atoms with E-state index in [2.05, 4.69) is 24.3 Å². The van der Waals surface area contributed by atoms with Crippen molar-refractivity contribution in [1.82, 2.24) is 15.1 Å². The minimum absolute atomic E-state index is 0.0180. The van der Waals surface area contributed by atoms with Crippen LogP contribution >= 0.6 is 0 Å². The minimum Gasteiger partial charge on any atom is -0.352 e. The summed E-state index contributed by atoms with van der Waals surface area (Å²) in [6.07, 6.45) is 3.61. The molecular formula is C10H15N3O. The predicted octanol–water partition coefficient (Wildman–Crippen LogP) is 1.14. The second-order valence-corrected chi connectivity index (χ2v) is 3.90. The topological polar surface area (TPSA) is 46.9 Å². The molecule has 1 aromatic rings. The number of amides is 1. The van der Waals surface area contributed by atoms with Crippen molar-refractivity contribution in [3.63, 3.8) is 0 Å². The summed E-state index contributed by atoms with van der Waals surface area (Å²) in [5.41, 5.74) is 1.83. The maximum Gasteiger partial charge on any atom is 0.254 e. The fourth-order valence-electron chi connectivity index (χ4n) is 1.82. The average Bonchev–Trinajstić information content (AvgIpc) is 2.48. The van der Waals surface area contributed by atoms with Gasteiger partial charge >= 0.3 is 0 Å². The molecule has 0 bridgehead atoms. The molecule has 0 aliphatic carbocycles. The predicted molar refractivity (Wildman–Crippen MR) is 53.3 cm³/mol. The maximum atomic E-state index is 11.6. The molecule has 1 aliphatic heterocycles. The zero-order valence-corrected chi connectivity index (χ0v) is 8.58. The van der Waals surface area contributed by atoms with Crippen LogP contribution in [0, 0.1) is 0 Å². The van der Waals surface area contributed by atoms with Crippen LogP contribution in [0.2, 0.25) is 0 Å². The van der Waals surface area contributed by atoms with Gasteiger partial charge in [-0.1, -0.05) is 0 Å². The molecule has 1 N–H and O–H groups in total. The Morgan fingerprint density at radius 1 is 1.57 bits per heavy atom. The second kappa shape index (κ2) is 3.44. The highest BCUT2D eigenvalue weighted by Crippen LogP contribution is 2.17. The van der Waals surface area contributed by atoms with Gasteiger partial charge in [-0.15, -0.1) is 0 Å². The Labute approximate surface area is 83.3 Å². The Morgan fingerprint density at radius 3 is 3.07 bits per heavy atom. The van der Waals surface area contributed by atoms with Gasteiger partial charge in [-0.05, 0) is 26.7 Å². The Bertz CT molecular complexity index is 354. The Kier molecular flexibility index (Phi) is 2.27. The van der Waals surface area contributed by atoms with Crippen molar-refractivity contribution in [2.24, 2.45) is 0 Å². The molecule has 0 aromatic carbocycles. The fraction of sp³-hybridized carbons (Fsp3) is 0.600. The molecule has 4 nitrogen and oxygen atoms in total. The number of hydrogen-bond donors (Lipinski definition) is 1. The van der Waals surface area contributed by atoms with E-state index in [4.69, 9.17) is 0 Å². The van der Waals surface area contributed by atoms with Gasteiger partial charge in [0.05, 0.1) is 17.5 Å². The molecule has 0 radical (unpaired) electrons. The maximum absolute atomic E-state index is 11.6. The molecule has 76 valence electrons. The van der Waals surface area contributed by atoms with Crippen molar-refractivity contribution in [2.45, 2.75) is 32.7 Å². The number of carbonyl (C=O) groups excluding carboxylic acids is 1. The SMILES string of the molecule is CC(C)n1ncc2c1CCCNC2=O. The number of rotatable bonds is 1. The highest BCUT2D eigenvalue weighted by Gasteiger charge is 2.20. The van der Waals surface area contributed by atoms with Crippen molar-refractivity contribution < 1.29 is 4.79 Å². The lowest BCUT2D eigenvalue weighted by molar-refractivity contribution is 0.0956. The fourth-order valence-corrected chi connectivity index (χ4v) is 1.82. The summed E-state index contributed by atoms with van der Waals surface area (Å²) >= 11 is 0. The lowest BCUT2D eigenvalue weighted by Gasteiger charge is -2.09. The third-order valence-electron chi connectivity index (χ3n) is 2.51. The molecule has 4 heteroatoms.